The number of ether oxygens (including phenoxy) is 4. The van der Waals surface area contributed by atoms with Gasteiger partial charge in [-0.3, -0.25) is 37.3 Å². The minimum absolute atomic E-state index is 0.105. The number of esters is 4. The molecule has 0 aromatic carbocycles. The lowest BCUT2D eigenvalue weighted by Crippen LogP contribution is -2.30. The molecule has 0 bridgehead atoms. The third-order valence-corrected chi connectivity index (χ3v) is 19.8. The molecular weight excluding hydrogens is 1250 g/mol. The fourth-order valence-corrected chi connectivity index (χ4v) is 13.1. The second-order valence-electron chi connectivity index (χ2n) is 29.1. The Morgan fingerprint density at radius 2 is 0.505 bits per heavy atom. The quantitative estimate of drug-likeness (QED) is 0.0222. The molecule has 95 heavy (non-hydrogen) atoms. The van der Waals surface area contributed by atoms with Crippen molar-refractivity contribution in [3.8, 4) is 0 Å². The molecule has 0 aliphatic heterocycles. The van der Waals surface area contributed by atoms with Crippen molar-refractivity contribution < 1.29 is 80.2 Å². The zero-order valence-electron chi connectivity index (χ0n) is 62.3. The molecule has 4 unspecified atom stereocenters. The average molecular weight is 1400 g/mol. The number of aliphatic hydroxyl groups is 1. The predicted octanol–water partition coefficient (Wildman–Crippen LogP) is 22.0. The summed E-state index contributed by atoms with van der Waals surface area (Å²) in [6, 6.07) is 0. The number of rotatable bonds is 73. The Hall–Kier alpha value is -1.94. The lowest BCUT2D eigenvalue weighted by molar-refractivity contribution is -0.161. The van der Waals surface area contributed by atoms with E-state index in [4.69, 9.17) is 37.0 Å². The Morgan fingerprint density at radius 1 is 0.295 bits per heavy atom. The first kappa shape index (κ1) is 93.1. The van der Waals surface area contributed by atoms with E-state index in [2.05, 4.69) is 55.4 Å². The Labute approximate surface area is 581 Å². The fourth-order valence-electron chi connectivity index (χ4n) is 11.5. The van der Waals surface area contributed by atoms with E-state index in [9.17, 15) is 43.2 Å². The Kier molecular flexibility index (Phi) is 64.0. The molecule has 0 radical (unpaired) electrons. The van der Waals surface area contributed by atoms with E-state index in [1.807, 2.05) is 0 Å². The van der Waals surface area contributed by atoms with E-state index in [1.54, 1.807) is 0 Å². The number of carbonyl (C=O) groups is 4. The summed E-state index contributed by atoms with van der Waals surface area (Å²) in [5, 5.41) is 10.6. The molecule has 0 amide bonds. The van der Waals surface area contributed by atoms with Gasteiger partial charge in [0.15, 0.2) is 12.2 Å². The fraction of sp³-hybridized carbons (Fsp3) is 0.947. The molecule has 3 N–H and O–H groups in total. The maximum atomic E-state index is 13.1. The zero-order valence-corrected chi connectivity index (χ0v) is 64.1. The first-order valence-corrected chi connectivity index (χ1v) is 42.2. The van der Waals surface area contributed by atoms with E-state index in [-0.39, 0.29) is 25.7 Å². The number of carbonyl (C=O) groups excluding carboxylic acids is 4. The SMILES string of the molecule is CCC(C)CCCCCCCCCCC(=O)OC[C@H](COP(=O)(O)OCC(O)COP(=O)(O)OC[C@@H](COC(=O)CCCCCCCCCC(C)C)OC(=O)CCCCCCCCCCCCCC(C)C)OC(=O)CCCCCCCCCCCCCCCCCCC(C)C. The van der Waals surface area contributed by atoms with E-state index in [1.165, 1.54) is 180 Å². The Morgan fingerprint density at radius 3 is 0.747 bits per heavy atom. The third kappa shape index (κ3) is 69.0. The van der Waals surface area contributed by atoms with Gasteiger partial charge in [-0.25, -0.2) is 9.13 Å². The molecule has 0 saturated heterocycles. The van der Waals surface area contributed by atoms with Crippen LogP contribution in [0.15, 0.2) is 0 Å². The first-order valence-electron chi connectivity index (χ1n) is 39.2. The molecule has 0 spiro atoms. The van der Waals surface area contributed by atoms with E-state index < -0.39 is 97.5 Å². The van der Waals surface area contributed by atoms with Gasteiger partial charge in [0.2, 0.25) is 0 Å². The van der Waals surface area contributed by atoms with Crippen LogP contribution in [0.5, 0.6) is 0 Å². The maximum Gasteiger partial charge on any atom is 0.472 e. The molecule has 0 aliphatic carbocycles. The third-order valence-electron chi connectivity index (χ3n) is 17.9. The lowest BCUT2D eigenvalue weighted by Gasteiger charge is -2.21. The molecule has 17 nitrogen and oxygen atoms in total. The van der Waals surface area contributed by atoms with Crippen LogP contribution in [0.3, 0.4) is 0 Å². The van der Waals surface area contributed by atoms with Gasteiger partial charge in [-0.15, -0.1) is 0 Å². The topological polar surface area (TPSA) is 237 Å². The van der Waals surface area contributed by atoms with Gasteiger partial charge >= 0.3 is 39.5 Å². The van der Waals surface area contributed by atoms with Gasteiger partial charge in [0.05, 0.1) is 26.4 Å². The summed E-state index contributed by atoms with van der Waals surface area (Å²) in [7, 11) is -9.91. The van der Waals surface area contributed by atoms with E-state index in [0.29, 0.717) is 31.6 Å². The Bertz CT molecular complexity index is 1870. The minimum Gasteiger partial charge on any atom is -0.462 e. The summed E-state index contributed by atoms with van der Waals surface area (Å²) in [6.07, 6.45) is 50.0. The highest BCUT2D eigenvalue weighted by atomic mass is 31.2. The number of unbranched alkanes of at least 4 members (excludes halogenated alkanes) is 38. The molecule has 0 heterocycles. The second-order valence-corrected chi connectivity index (χ2v) is 32.0. The van der Waals surface area contributed by atoms with Crippen LogP contribution >= 0.6 is 15.6 Å². The molecule has 0 aromatic heterocycles. The largest absolute Gasteiger partial charge is 0.472 e. The highest BCUT2D eigenvalue weighted by Gasteiger charge is 2.30. The predicted molar refractivity (Wildman–Crippen MR) is 386 cm³/mol. The smallest absolute Gasteiger partial charge is 0.462 e. The van der Waals surface area contributed by atoms with Crippen LogP contribution in [0.1, 0.15) is 383 Å². The zero-order chi connectivity index (χ0) is 70.3. The summed E-state index contributed by atoms with van der Waals surface area (Å²) in [5.74, 6) is 0.935. The highest BCUT2D eigenvalue weighted by molar-refractivity contribution is 7.47. The summed E-state index contributed by atoms with van der Waals surface area (Å²) in [4.78, 5) is 72.8. The van der Waals surface area contributed by atoms with Crippen LogP contribution < -0.4 is 0 Å². The summed E-state index contributed by atoms with van der Waals surface area (Å²) in [6.45, 7) is 14.2. The molecule has 0 fully saturated rings. The van der Waals surface area contributed by atoms with Crippen molar-refractivity contribution in [1.82, 2.24) is 0 Å². The molecule has 564 valence electrons. The number of aliphatic hydroxyl groups excluding tert-OH is 1. The maximum absolute atomic E-state index is 13.1. The van der Waals surface area contributed by atoms with Crippen LogP contribution in [0.4, 0.5) is 0 Å². The Balaban J connectivity index is 5.23. The van der Waals surface area contributed by atoms with Crippen molar-refractivity contribution in [2.24, 2.45) is 23.7 Å². The van der Waals surface area contributed by atoms with Gasteiger partial charge in [0.25, 0.3) is 0 Å². The number of hydrogen-bond acceptors (Lipinski definition) is 15. The molecule has 0 aliphatic rings. The number of hydrogen-bond donors (Lipinski definition) is 3. The van der Waals surface area contributed by atoms with E-state index in [0.717, 1.165) is 114 Å². The summed E-state index contributed by atoms with van der Waals surface area (Å²) >= 11 is 0. The van der Waals surface area contributed by atoms with Crippen molar-refractivity contribution in [3.05, 3.63) is 0 Å². The normalized spacial score (nSPS) is 14.4. The van der Waals surface area contributed by atoms with Gasteiger partial charge in [-0.05, 0) is 49.4 Å². The molecule has 0 saturated carbocycles. The highest BCUT2D eigenvalue weighted by Crippen LogP contribution is 2.45. The van der Waals surface area contributed by atoms with Gasteiger partial charge in [0.1, 0.15) is 19.3 Å². The minimum atomic E-state index is -4.96. The summed E-state index contributed by atoms with van der Waals surface area (Å²) < 4.78 is 68.5. The monoisotopic (exact) mass is 1400 g/mol. The van der Waals surface area contributed by atoms with Crippen molar-refractivity contribution in [2.45, 2.75) is 401 Å². The van der Waals surface area contributed by atoms with Crippen LogP contribution in [0, 0.1) is 23.7 Å². The van der Waals surface area contributed by atoms with Crippen LogP contribution in [0.25, 0.3) is 0 Å². The van der Waals surface area contributed by atoms with Crippen LogP contribution in [-0.2, 0) is 65.4 Å². The first-order chi connectivity index (χ1) is 45.6. The van der Waals surface area contributed by atoms with Crippen molar-refractivity contribution >= 4 is 39.5 Å². The molecular formula is C76H148O17P2. The molecule has 0 aromatic rings. The van der Waals surface area contributed by atoms with Gasteiger partial charge in [-0.1, -0.05) is 331 Å². The van der Waals surface area contributed by atoms with Crippen molar-refractivity contribution in [3.63, 3.8) is 0 Å². The van der Waals surface area contributed by atoms with Crippen LogP contribution in [-0.4, -0.2) is 96.7 Å². The van der Waals surface area contributed by atoms with E-state index >= 15 is 0 Å². The van der Waals surface area contributed by atoms with Crippen molar-refractivity contribution in [1.29, 1.82) is 0 Å². The standard InChI is InChI=1S/C76H148O17P2/c1-9-69(8)55-47-39-31-25-26-32-40-48-56-73(78)86-62-71(92-75(80)58-50-42-33-23-19-15-13-11-10-12-14-17-21-28-36-44-52-66(2)3)64-90-94(82,83)88-60-70(77)61-89-95(84,85)91-65-72(63-87-74(79)57-49-41-35-27-30-38-46-54-68(6)7)93-76(81)59-51-43-34-24-20-16-18-22-29-37-45-53-67(4)5/h66-72,77H,9-65H2,1-8H3,(H,82,83)(H,84,85)/t69?,70?,71-,72-/m1/s1. The number of phosphoric ester groups is 2. The summed E-state index contributed by atoms with van der Waals surface area (Å²) in [5.41, 5.74) is 0. The number of phosphoric acid groups is 2. The molecule has 6 atom stereocenters. The van der Waals surface area contributed by atoms with Gasteiger partial charge < -0.3 is 33.8 Å². The van der Waals surface area contributed by atoms with Gasteiger partial charge in [-0.2, -0.15) is 0 Å². The van der Waals surface area contributed by atoms with Crippen LogP contribution in [0.2, 0.25) is 0 Å². The molecule has 0 rings (SSSR count). The second kappa shape index (κ2) is 65.4. The molecule has 19 heteroatoms. The van der Waals surface area contributed by atoms with Crippen molar-refractivity contribution in [2.75, 3.05) is 39.6 Å². The lowest BCUT2D eigenvalue weighted by atomic mass is 9.99. The average Bonchev–Trinajstić information content (AvgIpc) is 1.59. The van der Waals surface area contributed by atoms with Gasteiger partial charge in [0, 0.05) is 25.7 Å².